The van der Waals surface area contributed by atoms with Crippen molar-refractivity contribution in [2.75, 3.05) is 38.0 Å². The maximum absolute atomic E-state index is 11.4. The maximum Gasteiger partial charge on any atom is 0.250 e. The molecule has 0 saturated carbocycles. The highest BCUT2D eigenvalue weighted by molar-refractivity contribution is 5.95. The summed E-state index contributed by atoms with van der Waals surface area (Å²) in [5, 5.41) is 5.22. The maximum atomic E-state index is 11.4. The van der Waals surface area contributed by atoms with Gasteiger partial charge < -0.3 is 25.8 Å². The third kappa shape index (κ3) is 4.57. The van der Waals surface area contributed by atoms with Gasteiger partial charge in [-0.2, -0.15) is 0 Å². The van der Waals surface area contributed by atoms with E-state index in [1.54, 1.807) is 18.2 Å². The lowest BCUT2D eigenvalue weighted by molar-refractivity contribution is -0.119. The number of nitrogens with two attached hydrogens (primary N) is 1. The van der Waals surface area contributed by atoms with Gasteiger partial charge in [-0.15, -0.1) is 0 Å². The van der Waals surface area contributed by atoms with Gasteiger partial charge in [0.05, 0.1) is 19.3 Å². The summed E-state index contributed by atoms with van der Waals surface area (Å²) in [7, 11) is 2.90. The van der Waals surface area contributed by atoms with Crippen molar-refractivity contribution in [2.24, 2.45) is 5.73 Å². The van der Waals surface area contributed by atoms with Crippen LogP contribution in [0.15, 0.2) is 18.2 Å². The number of hydrogen-bond donors (Lipinski definition) is 3. The molecule has 0 aliphatic heterocycles. The van der Waals surface area contributed by atoms with Gasteiger partial charge in [0.25, 0.3) is 0 Å². The SMILES string of the molecule is COCC(=O)Nc1ccc(NC(=O)CN)cc1OC. The van der Waals surface area contributed by atoms with Crippen molar-refractivity contribution in [2.45, 2.75) is 0 Å². The number of ether oxygens (including phenoxy) is 2. The van der Waals surface area contributed by atoms with Gasteiger partial charge in [-0.25, -0.2) is 0 Å². The summed E-state index contributed by atoms with van der Waals surface area (Å²) in [6, 6.07) is 4.85. The number of methoxy groups -OCH3 is 2. The lowest BCUT2D eigenvalue weighted by Gasteiger charge is -2.12. The Hall–Kier alpha value is -2.12. The first kappa shape index (κ1) is 14.9. The number of rotatable bonds is 6. The van der Waals surface area contributed by atoms with Gasteiger partial charge in [-0.05, 0) is 12.1 Å². The molecule has 7 nitrogen and oxygen atoms in total. The Labute approximate surface area is 111 Å². The number of hydrogen-bond acceptors (Lipinski definition) is 5. The molecule has 0 aromatic heterocycles. The fourth-order valence-corrected chi connectivity index (χ4v) is 1.40. The first-order valence-electron chi connectivity index (χ1n) is 5.57. The minimum Gasteiger partial charge on any atom is -0.494 e. The van der Waals surface area contributed by atoms with Crippen molar-refractivity contribution in [3.05, 3.63) is 18.2 Å². The zero-order valence-corrected chi connectivity index (χ0v) is 10.9. The second-order valence-corrected chi connectivity index (χ2v) is 3.65. The van der Waals surface area contributed by atoms with Gasteiger partial charge in [0, 0.05) is 18.9 Å². The molecule has 7 heteroatoms. The molecule has 104 valence electrons. The molecule has 0 heterocycles. The Bertz CT molecular complexity index is 462. The number of benzene rings is 1. The molecular formula is C12H17N3O4. The van der Waals surface area contributed by atoms with Crippen molar-refractivity contribution >= 4 is 23.2 Å². The molecule has 0 atom stereocenters. The van der Waals surface area contributed by atoms with E-state index in [2.05, 4.69) is 10.6 Å². The minimum atomic E-state index is -0.307. The van der Waals surface area contributed by atoms with Gasteiger partial charge in [-0.1, -0.05) is 0 Å². The molecule has 19 heavy (non-hydrogen) atoms. The predicted molar refractivity (Wildman–Crippen MR) is 71.2 cm³/mol. The Morgan fingerprint density at radius 1 is 1.21 bits per heavy atom. The van der Waals surface area contributed by atoms with Crippen LogP contribution in [0.1, 0.15) is 0 Å². The molecule has 1 rings (SSSR count). The smallest absolute Gasteiger partial charge is 0.250 e. The van der Waals surface area contributed by atoms with E-state index in [0.717, 1.165) is 0 Å². The number of nitrogens with one attached hydrogen (secondary N) is 2. The van der Waals surface area contributed by atoms with Crippen LogP contribution in [0.2, 0.25) is 0 Å². The van der Waals surface area contributed by atoms with Gasteiger partial charge in [-0.3, -0.25) is 9.59 Å². The lowest BCUT2D eigenvalue weighted by atomic mass is 10.2. The molecule has 0 unspecified atom stereocenters. The standard InChI is InChI=1S/C12H17N3O4/c1-18-7-12(17)15-9-4-3-8(5-10(9)19-2)14-11(16)6-13/h3-5H,6-7,13H2,1-2H3,(H,14,16)(H,15,17). The number of carbonyl (C=O) groups is 2. The highest BCUT2D eigenvalue weighted by Crippen LogP contribution is 2.27. The predicted octanol–water partition coefficient (Wildman–Crippen LogP) is 0.177. The van der Waals surface area contributed by atoms with Crippen molar-refractivity contribution in [3.63, 3.8) is 0 Å². The van der Waals surface area contributed by atoms with E-state index in [-0.39, 0.29) is 25.0 Å². The van der Waals surface area contributed by atoms with E-state index in [9.17, 15) is 9.59 Å². The van der Waals surface area contributed by atoms with Gasteiger partial charge in [0.15, 0.2) is 0 Å². The summed E-state index contributed by atoms with van der Waals surface area (Å²) in [6.07, 6.45) is 0. The van der Waals surface area contributed by atoms with Gasteiger partial charge in [0.1, 0.15) is 12.4 Å². The van der Waals surface area contributed by atoms with Crippen LogP contribution in [0.3, 0.4) is 0 Å². The summed E-state index contributed by atoms with van der Waals surface area (Å²) < 4.78 is 9.86. The molecule has 0 saturated heterocycles. The zero-order valence-electron chi connectivity index (χ0n) is 10.9. The van der Waals surface area contributed by atoms with Crippen LogP contribution in [0.4, 0.5) is 11.4 Å². The molecule has 0 radical (unpaired) electrons. The van der Waals surface area contributed by atoms with E-state index < -0.39 is 0 Å². The Kier molecular flexibility index (Phi) is 5.77. The van der Waals surface area contributed by atoms with Crippen LogP contribution >= 0.6 is 0 Å². The Morgan fingerprint density at radius 2 is 1.95 bits per heavy atom. The highest BCUT2D eigenvalue weighted by atomic mass is 16.5. The van der Waals surface area contributed by atoms with Crippen molar-refractivity contribution in [1.29, 1.82) is 0 Å². The molecule has 0 aliphatic carbocycles. The van der Waals surface area contributed by atoms with Crippen LogP contribution < -0.4 is 21.1 Å². The summed E-state index contributed by atoms with van der Waals surface area (Å²) in [6.45, 7) is -0.149. The third-order valence-corrected chi connectivity index (χ3v) is 2.22. The first-order valence-corrected chi connectivity index (χ1v) is 5.57. The van der Waals surface area contributed by atoms with E-state index in [4.69, 9.17) is 15.2 Å². The molecule has 0 spiro atoms. The average molecular weight is 267 g/mol. The Morgan fingerprint density at radius 3 is 2.53 bits per heavy atom. The monoisotopic (exact) mass is 267 g/mol. The lowest BCUT2D eigenvalue weighted by Crippen LogP contribution is -2.22. The summed E-state index contributed by atoms with van der Waals surface area (Å²) in [4.78, 5) is 22.6. The van der Waals surface area contributed by atoms with Crippen molar-refractivity contribution < 1.29 is 19.1 Å². The number of anilines is 2. The fourth-order valence-electron chi connectivity index (χ4n) is 1.40. The average Bonchev–Trinajstić information content (AvgIpc) is 2.40. The Balaban J connectivity index is 2.84. The zero-order chi connectivity index (χ0) is 14.3. The largest absolute Gasteiger partial charge is 0.494 e. The number of carbonyl (C=O) groups excluding carboxylic acids is 2. The van der Waals surface area contributed by atoms with Crippen LogP contribution in [0.25, 0.3) is 0 Å². The molecule has 1 aromatic rings. The van der Waals surface area contributed by atoms with Gasteiger partial charge >= 0.3 is 0 Å². The fraction of sp³-hybridized carbons (Fsp3) is 0.333. The quantitative estimate of drug-likeness (QED) is 0.682. The van der Waals surface area contributed by atoms with Crippen molar-refractivity contribution in [3.8, 4) is 5.75 Å². The molecule has 0 fully saturated rings. The van der Waals surface area contributed by atoms with Crippen LogP contribution in [0.5, 0.6) is 5.75 Å². The molecule has 0 aliphatic rings. The van der Waals surface area contributed by atoms with Crippen LogP contribution in [-0.4, -0.2) is 39.2 Å². The highest BCUT2D eigenvalue weighted by Gasteiger charge is 2.09. The summed E-state index contributed by atoms with van der Waals surface area (Å²) in [5.41, 5.74) is 6.24. The second kappa shape index (κ2) is 7.34. The van der Waals surface area contributed by atoms with E-state index in [1.165, 1.54) is 14.2 Å². The topological polar surface area (TPSA) is 103 Å². The van der Waals surface area contributed by atoms with Crippen LogP contribution in [-0.2, 0) is 14.3 Å². The van der Waals surface area contributed by atoms with Gasteiger partial charge in [0.2, 0.25) is 11.8 Å². The summed E-state index contributed by atoms with van der Waals surface area (Å²) >= 11 is 0. The molecule has 0 bridgehead atoms. The molecule has 4 N–H and O–H groups in total. The normalized spacial score (nSPS) is 9.84. The summed E-state index contributed by atoms with van der Waals surface area (Å²) in [5.74, 6) is -0.169. The second-order valence-electron chi connectivity index (χ2n) is 3.65. The molecule has 1 aromatic carbocycles. The van der Waals surface area contributed by atoms with Crippen molar-refractivity contribution in [1.82, 2.24) is 0 Å². The molecular weight excluding hydrogens is 250 g/mol. The first-order chi connectivity index (χ1) is 9.10. The third-order valence-electron chi connectivity index (χ3n) is 2.22. The van der Waals surface area contributed by atoms with E-state index in [0.29, 0.717) is 17.1 Å². The van der Waals surface area contributed by atoms with Crippen LogP contribution in [0, 0.1) is 0 Å². The number of amides is 2. The minimum absolute atomic E-state index is 0.0468. The van der Waals surface area contributed by atoms with E-state index in [1.807, 2.05) is 0 Å². The van der Waals surface area contributed by atoms with E-state index >= 15 is 0 Å². The molecule has 2 amide bonds.